The fraction of sp³-hybridized carbons (Fsp3) is 0.286. The largest absolute Gasteiger partial charge is 0.464 e. The van der Waals surface area contributed by atoms with Gasteiger partial charge in [-0.2, -0.15) is 0 Å². The Morgan fingerprint density at radius 1 is 1.16 bits per heavy atom. The number of aryl methyl sites for hydroxylation is 2. The molecule has 0 radical (unpaired) electrons. The Kier molecular flexibility index (Phi) is 3.55. The fourth-order valence-corrected chi connectivity index (χ4v) is 1.77. The first-order valence-electron chi connectivity index (χ1n) is 5.88. The molecule has 0 aliphatic carbocycles. The van der Waals surface area contributed by atoms with Gasteiger partial charge in [0.05, 0.1) is 6.54 Å². The highest BCUT2D eigenvalue weighted by Crippen LogP contribution is 2.11. The van der Waals surface area contributed by atoms with E-state index in [-0.39, 0.29) is 17.1 Å². The molecule has 2 aromatic heterocycles. The van der Waals surface area contributed by atoms with Gasteiger partial charge in [0.25, 0.3) is 5.91 Å². The summed E-state index contributed by atoms with van der Waals surface area (Å²) in [6.07, 6.45) is 0. The Balaban J connectivity index is 2.16. The number of carbonyl (C=O) groups excluding carboxylic acids is 1. The highest BCUT2D eigenvalue weighted by Gasteiger charge is 2.16. The quantitative estimate of drug-likeness (QED) is 0.849. The van der Waals surface area contributed by atoms with Crippen LogP contribution in [0, 0.1) is 13.8 Å². The van der Waals surface area contributed by atoms with E-state index in [0.717, 1.165) is 5.76 Å². The second-order valence-corrected chi connectivity index (χ2v) is 4.44. The molecule has 0 unspecified atom stereocenters. The SMILES string of the molecule is Cc1ccc(CN(C)C(=O)c2cc(=O)cc(C)o2)o1. The smallest absolute Gasteiger partial charge is 0.289 e. The zero-order valence-electron chi connectivity index (χ0n) is 11.1. The van der Waals surface area contributed by atoms with Crippen LogP contribution in [0.1, 0.15) is 27.8 Å². The summed E-state index contributed by atoms with van der Waals surface area (Å²) >= 11 is 0. The molecule has 0 fully saturated rings. The second kappa shape index (κ2) is 5.14. The normalized spacial score (nSPS) is 10.5. The van der Waals surface area contributed by atoms with Crippen LogP contribution in [0.25, 0.3) is 0 Å². The monoisotopic (exact) mass is 261 g/mol. The van der Waals surface area contributed by atoms with Gasteiger partial charge in [-0.05, 0) is 26.0 Å². The Hall–Kier alpha value is -2.30. The fourth-order valence-electron chi connectivity index (χ4n) is 1.77. The molecule has 0 atom stereocenters. The summed E-state index contributed by atoms with van der Waals surface area (Å²) in [6, 6.07) is 6.18. The molecule has 2 aromatic rings. The van der Waals surface area contributed by atoms with E-state index in [0.29, 0.717) is 18.1 Å². The number of furan rings is 1. The van der Waals surface area contributed by atoms with Crippen molar-refractivity contribution in [2.75, 3.05) is 7.05 Å². The van der Waals surface area contributed by atoms with Crippen LogP contribution < -0.4 is 5.43 Å². The number of hydrogen-bond donors (Lipinski definition) is 0. The van der Waals surface area contributed by atoms with Crippen molar-refractivity contribution in [1.29, 1.82) is 0 Å². The van der Waals surface area contributed by atoms with Gasteiger partial charge in [0.2, 0.25) is 0 Å². The van der Waals surface area contributed by atoms with Gasteiger partial charge in [-0.1, -0.05) is 0 Å². The van der Waals surface area contributed by atoms with Crippen LogP contribution in [0.2, 0.25) is 0 Å². The van der Waals surface area contributed by atoms with Crippen molar-refractivity contribution < 1.29 is 13.6 Å². The topological polar surface area (TPSA) is 63.7 Å². The summed E-state index contributed by atoms with van der Waals surface area (Å²) in [5.41, 5.74) is -0.241. The standard InChI is InChI=1S/C14H15NO4/c1-9-4-5-12(18-9)8-15(3)14(17)13-7-11(16)6-10(2)19-13/h4-7H,8H2,1-3H3. The van der Waals surface area contributed by atoms with Gasteiger partial charge in [0, 0.05) is 19.2 Å². The highest BCUT2D eigenvalue weighted by atomic mass is 16.4. The van der Waals surface area contributed by atoms with Gasteiger partial charge in [-0.3, -0.25) is 9.59 Å². The maximum atomic E-state index is 12.1. The molecule has 1 amide bonds. The van der Waals surface area contributed by atoms with Gasteiger partial charge in [0.15, 0.2) is 11.2 Å². The molecule has 0 aliphatic heterocycles. The summed E-state index contributed by atoms with van der Waals surface area (Å²) in [5, 5.41) is 0. The van der Waals surface area contributed by atoms with E-state index < -0.39 is 0 Å². The van der Waals surface area contributed by atoms with Crippen LogP contribution in [0.4, 0.5) is 0 Å². The van der Waals surface area contributed by atoms with Crippen LogP contribution in [0.15, 0.2) is 37.9 Å². The Morgan fingerprint density at radius 2 is 1.89 bits per heavy atom. The van der Waals surface area contributed by atoms with Gasteiger partial charge in [0.1, 0.15) is 17.3 Å². The third-order valence-electron chi connectivity index (χ3n) is 2.64. The van der Waals surface area contributed by atoms with Crippen molar-refractivity contribution in [2.45, 2.75) is 20.4 Å². The van der Waals surface area contributed by atoms with Crippen molar-refractivity contribution in [3.8, 4) is 0 Å². The molecular weight excluding hydrogens is 246 g/mol. The van der Waals surface area contributed by atoms with Crippen LogP contribution in [0.5, 0.6) is 0 Å². The second-order valence-electron chi connectivity index (χ2n) is 4.44. The summed E-state index contributed by atoms with van der Waals surface area (Å²) in [7, 11) is 1.63. The molecule has 2 heterocycles. The lowest BCUT2D eigenvalue weighted by Crippen LogP contribution is -2.26. The van der Waals surface area contributed by atoms with E-state index in [4.69, 9.17) is 8.83 Å². The molecule has 0 spiro atoms. The molecule has 0 saturated carbocycles. The molecule has 0 saturated heterocycles. The maximum Gasteiger partial charge on any atom is 0.289 e. The Labute approximate surface area is 110 Å². The summed E-state index contributed by atoms with van der Waals surface area (Å²) < 4.78 is 10.7. The van der Waals surface area contributed by atoms with E-state index in [1.807, 2.05) is 19.1 Å². The third-order valence-corrected chi connectivity index (χ3v) is 2.64. The molecule has 100 valence electrons. The lowest BCUT2D eigenvalue weighted by Gasteiger charge is -2.14. The number of hydrogen-bond acceptors (Lipinski definition) is 4. The van der Waals surface area contributed by atoms with Crippen LogP contribution in [0.3, 0.4) is 0 Å². The lowest BCUT2D eigenvalue weighted by atomic mass is 10.3. The number of rotatable bonds is 3. The number of amides is 1. The Morgan fingerprint density at radius 3 is 2.47 bits per heavy atom. The molecule has 5 nitrogen and oxygen atoms in total. The molecule has 0 aromatic carbocycles. The average Bonchev–Trinajstić information content (AvgIpc) is 2.72. The minimum Gasteiger partial charge on any atom is -0.464 e. The van der Waals surface area contributed by atoms with Crippen LogP contribution >= 0.6 is 0 Å². The lowest BCUT2D eigenvalue weighted by molar-refractivity contribution is 0.0739. The van der Waals surface area contributed by atoms with E-state index in [2.05, 4.69) is 0 Å². The molecule has 0 N–H and O–H groups in total. The molecule has 5 heteroatoms. The first-order chi connectivity index (χ1) is 8.95. The van der Waals surface area contributed by atoms with Crippen molar-refractivity contribution >= 4 is 5.91 Å². The first-order valence-corrected chi connectivity index (χ1v) is 5.88. The molecular formula is C14H15NO4. The van der Waals surface area contributed by atoms with Crippen molar-refractivity contribution in [3.63, 3.8) is 0 Å². The highest BCUT2D eigenvalue weighted by molar-refractivity contribution is 5.91. The molecule has 2 rings (SSSR count). The van der Waals surface area contributed by atoms with Crippen molar-refractivity contribution in [2.24, 2.45) is 0 Å². The summed E-state index contributed by atoms with van der Waals surface area (Å²) in [4.78, 5) is 24.9. The number of carbonyl (C=O) groups is 1. The zero-order chi connectivity index (χ0) is 14.0. The van der Waals surface area contributed by atoms with E-state index in [1.54, 1.807) is 14.0 Å². The predicted molar refractivity (Wildman–Crippen MR) is 69.0 cm³/mol. The third kappa shape index (κ3) is 3.13. The van der Waals surface area contributed by atoms with E-state index in [1.165, 1.54) is 17.0 Å². The molecule has 0 aliphatic rings. The predicted octanol–water partition coefficient (Wildman–Crippen LogP) is 2.12. The van der Waals surface area contributed by atoms with Crippen molar-refractivity contribution in [1.82, 2.24) is 4.90 Å². The molecule has 19 heavy (non-hydrogen) atoms. The van der Waals surface area contributed by atoms with Crippen molar-refractivity contribution in [3.05, 3.63) is 57.5 Å². The van der Waals surface area contributed by atoms with E-state index in [9.17, 15) is 9.59 Å². The Bertz CT molecular complexity index is 653. The van der Waals surface area contributed by atoms with Gasteiger partial charge < -0.3 is 13.7 Å². The molecule has 0 bridgehead atoms. The summed E-state index contributed by atoms with van der Waals surface area (Å²) in [6.45, 7) is 3.79. The van der Waals surface area contributed by atoms with Gasteiger partial charge >= 0.3 is 0 Å². The first kappa shape index (κ1) is 13.1. The maximum absolute atomic E-state index is 12.1. The minimum atomic E-state index is -0.352. The number of nitrogens with zero attached hydrogens (tertiary/aromatic N) is 1. The van der Waals surface area contributed by atoms with Crippen LogP contribution in [-0.2, 0) is 6.54 Å². The van der Waals surface area contributed by atoms with Gasteiger partial charge in [-0.15, -0.1) is 0 Å². The minimum absolute atomic E-state index is 0.0378. The van der Waals surface area contributed by atoms with E-state index >= 15 is 0 Å². The average molecular weight is 261 g/mol. The summed E-state index contributed by atoms with van der Waals surface area (Å²) in [5.74, 6) is 1.57. The van der Waals surface area contributed by atoms with Gasteiger partial charge in [-0.25, -0.2) is 0 Å². The zero-order valence-corrected chi connectivity index (χ0v) is 11.1. The van der Waals surface area contributed by atoms with Crippen LogP contribution in [-0.4, -0.2) is 17.9 Å².